The van der Waals surface area contributed by atoms with Gasteiger partial charge in [-0.05, 0) is 24.6 Å². The zero-order valence-electron chi connectivity index (χ0n) is 17.1. The Morgan fingerprint density at radius 2 is 1.87 bits per heavy atom. The number of nitrogens with one attached hydrogen (secondary N) is 1. The first-order chi connectivity index (χ1) is 14.9. The fourth-order valence-corrected chi connectivity index (χ4v) is 2.78. The van der Waals surface area contributed by atoms with Crippen molar-refractivity contribution in [1.82, 2.24) is 9.78 Å². The molecule has 0 bridgehead atoms. The molecule has 0 fully saturated rings. The molecule has 3 rings (SSSR count). The molecule has 0 aliphatic heterocycles. The highest BCUT2D eigenvalue weighted by Crippen LogP contribution is 2.25. The largest absolute Gasteiger partial charge is 0.489 e. The molecule has 0 unspecified atom stereocenters. The third-order valence-corrected chi connectivity index (χ3v) is 4.16. The number of anilines is 1. The predicted octanol–water partition coefficient (Wildman–Crippen LogP) is 3.65. The number of carbonyl (C=O) groups excluding carboxylic acids is 1. The highest BCUT2D eigenvalue weighted by Gasteiger charge is 2.14. The Labute approximate surface area is 179 Å². The van der Waals surface area contributed by atoms with Crippen LogP contribution in [0.1, 0.15) is 22.8 Å². The van der Waals surface area contributed by atoms with E-state index in [4.69, 9.17) is 19.3 Å². The van der Waals surface area contributed by atoms with Gasteiger partial charge in [-0.25, -0.2) is 4.79 Å². The molecular weight excluding hydrogens is 402 g/mol. The van der Waals surface area contributed by atoms with E-state index in [0.29, 0.717) is 29.4 Å². The van der Waals surface area contributed by atoms with Gasteiger partial charge in [0.2, 0.25) is 0 Å². The summed E-state index contributed by atoms with van der Waals surface area (Å²) in [5.74, 6) is 0.520. The van der Waals surface area contributed by atoms with Crippen molar-refractivity contribution in [2.24, 2.45) is 0 Å². The van der Waals surface area contributed by atoms with E-state index in [-0.39, 0.29) is 17.5 Å². The molecule has 162 valence electrons. The summed E-state index contributed by atoms with van der Waals surface area (Å²) in [7, 11) is 1.58. The normalized spacial score (nSPS) is 11.5. The number of hydrogen-bond donors (Lipinski definition) is 2. The van der Waals surface area contributed by atoms with Crippen LogP contribution in [-0.2, 0) is 11.3 Å². The van der Waals surface area contributed by atoms with Crippen LogP contribution >= 0.6 is 0 Å². The third kappa shape index (κ3) is 6.31. The molecule has 2 aromatic carbocycles. The number of rotatable bonds is 9. The van der Waals surface area contributed by atoms with Gasteiger partial charge < -0.3 is 24.6 Å². The first-order valence-corrected chi connectivity index (χ1v) is 9.52. The van der Waals surface area contributed by atoms with Gasteiger partial charge in [0.1, 0.15) is 24.2 Å². The number of methoxy groups -OCH3 is 1. The Hall–Kier alpha value is -3.85. The van der Waals surface area contributed by atoms with Gasteiger partial charge in [-0.3, -0.25) is 4.79 Å². The lowest BCUT2D eigenvalue weighted by molar-refractivity contribution is 0.0914. The molecule has 0 spiro atoms. The van der Waals surface area contributed by atoms with Crippen LogP contribution in [0.4, 0.5) is 10.6 Å². The summed E-state index contributed by atoms with van der Waals surface area (Å²) in [6, 6.07) is 15.9. The van der Waals surface area contributed by atoms with Crippen molar-refractivity contribution in [3.8, 4) is 11.5 Å². The Morgan fingerprint density at radius 1 is 1.13 bits per heavy atom. The van der Waals surface area contributed by atoms with Crippen molar-refractivity contribution in [2.75, 3.05) is 19.0 Å². The highest BCUT2D eigenvalue weighted by atomic mass is 16.5. The maximum atomic E-state index is 12.7. The molecule has 0 aliphatic carbocycles. The minimum atomic E-state index is -1.25. The molecule has 31 heavy (non-hydrogen) atoms. The molecule has 1 amide bonds. The number of nitrogens with zero attached hydrogens (tertiary/aromatic N) is 2. The van der Waals surface area contributed by atoms with Crippen LogP contribution in [0, 0.1) is 0 Å². The Morgan fingerprint density at radius 3 is 2.55 bits per heavy atom. The van der Waals surface area contributed by atoms with E-state index in [2.05, 4.69) is 10.4 Å². The quantitative estimate of drug-likeness (QED) is 0.538. The number of amides is 1. The topological polar surface area (TPSA) is 112 Å². The fourth-order valence-electron chi connectivity index (χ4n) is 2.78. The molecule has 9 nitrogen and oxygen atoms in total. The number of aromatic nitrogens is 2. The van der Waals surface area contributed by atoms with Crippen molar-refractivity contribution in [2.45, 2.75) is 19.6 Å². The van der Waals surface area contributed by atoms with E-state index in [1.165, 1.54) is 12.3 Å². The van der Waals surface area contributed by atoms with Gasteiger partial charge in [0, 0.05) is 31.0 Å². The van der Waals surface area contributed by atoms with Gasteiger partial charge >= 0.3 is 6.09 Å². The summed E-state index contributed by atoms with van der Waals surface area (Å²) >= 11 is 0. The molecule has 1 atom stereocenters. The first kappa shape index (κ1) is 21.8. The second-order valence-corrected chi connectivity index (χ2v) is 6.73. The average molecular weight is 425 g/mol. The number of hydrogen-bond acceptors (Lipinski definition) is 6. The lowest BCUT2D eigenvalue weighted by Gasteiger charge is -2.16. The van der Waals surface area contributed by atoms with Gasteiger partial charge in [0.25, 0.3) is 5.91 Å². The lowest BCUT2D eigenvalue weighted by atomic mass is 10.1. The van der Waals surface area contributed by atoms with Gasteiger partial charge in [-0.2, -0.15) is 4.68 Å². The zero-order valence-corrected chi connectivity index (χ0v) is 17.1. The molecule has 1 heterocycles. The SMILES string of the molecule is COC[C@H](C)Oc1cc(OCc2ccccc2)cc(C(=O)Nc2ccn(C(=O)O)n2)c1. The minimum Gasteiger partial charge on any atom is -0.489 e. The average Bonchev–Trinajstić information content (AvgIpc) is 3.22. The van der Waals surface area contributed by atoms with E-state index in [0.717, 1.165) is 5.56 Å². The van der Waals surface area contributed by atoms with Gasteiger partial charge in [-0.1, -0.05) is 30.3 Å². The van der Waals surface area contributed by atoms with Gasteiger partial charge in [0.15, 0.2) is 5.82 Å². The zero-order chi connectivity index (χ0) is 22.2. The number of ether oxygens (including phenoxy) is 3. The summed E-state index contributed by atoms with van der Waals surface area (Å²) in [4.78, 5) is 23.7. The van der Waals surface area contributed by atoms with Crippen LogP contribution in [0.15, 0.2) is 60.8 Å². The summed E-state index contributed by atoms with van der Waals surface area (Å²) in [6.45, 7) is 2.55. The molecule has 0 aliphatic rings. The highest BCUT2D eigenvalue weighted by molar-refractivity contribution is 6.04. The molecule has 1 aromatic heterocycles. The molecule has 2 N–H and O–H groups in total. The number of carboxylic acid groups (broad SMARTS) is 1. The third-order valence-electron chi connectivity index (χ3n) is 4.16. The summed E-state index contributed by atoms with van der Waals surface area (Å²) in [5, 5.41) is 15.3. The second-order valence-electron chi connectivity index (χ2n) is 6.73. The maximum absolute atomic E-state index is 12.7. The van der Waals surface area contributed by atoms with E-state index >= 15 is 0 Å². The van der Waals surface area contributed by atoms with E-state index in [9.17, 15) is 9.59 Å². The number of benzene rings is 2. The van der Waals surface area contributed by atoms with Crippen molar-refractivity contribution < 1.29 is 28.9 Å². The van der Waals surface area contributed by atoms with Gasteiger partial charge in [0.05, 0.1) is 6.61 Å². The second kappa shape index (κ2) is 10.3. The summed E-state index contributed by atoms with van der Waals surface area (Å²) in [5.41, 5.74) is 1.25. The van der Waals surface area contributed by atoms with Crippen LogP contribution in [0.2, 0.25) is 0 Å². The van der Waals surface area contributed by atoms with Crippen molar-refractivity contribution in [3.05, 3.63) is 71.9 Å². The van der Waals surface area contributed by atoms with Crippen molar-refractivity contribution in [3.63, 3.8) is 0 Å². The number of carbonyl (C=O) groups is 2. The van der Waals surface area contributed by atoms with Crippen LogP contribution in [0.3, 0.4) is 0 Å². The summed E-state index contributed by atoms with van der Waals surface area (Å²) in [6.07, 6.45) is -0.255. The van der Waals surface area contributed by atoms with Crippen molar-refractivity contribution >= 4 is 17.8 Å². The molecule has 0 saturated carbocycles. The fraction of sp³-hybridized carbons (Fsp3) is 0.227. The molecular formula is C22H23N3O6. The molecule has 0 saturated heterocycles. The Bertz CT molecular complexity index is 1030. The standard InChI is InChI=1S/C22H23N3O6/c1-15(13-29-2)31-19-11-17(21(26)23-20-8-9-25(24-20)22(27)28)10-18(12-19)30-14-16-6-4-3-5-7-16/h3-12,15H,13-14H2,1-2H3,(H,27,28)(H,23,24,26)/t15-/m0/s1. The van der Waals surface area contributed by atoms with Crippen LogP contribution < -0.4 is 14.8 Å². The molecule has 9 heteroatoms. The first-order valence-electron chi connectivity index (χ1n) is 9.52. The molecule has 0 radical (unpaired) electrons. The lowest BCUT2D eigenvalue weighted by Crippen LogP contribution is -2.19. The van der Waals surface area contributed by atoms with E-state index < -0.39 is 12.0 Å². The van der Waals surface area contributed by atoms with Crippen LogP contribution in [-0.4, -0.2) is 46.7 Å². The smallest absolute Gasteiger partial charge is 0.432 e. The van der Waals surface area contributed by atoms with E-state index in [1.807, 2.05) is 37.3 Å². The van der Waals surface area contributed by atoms with E-state index in [1.54, 1.807) is 25.3 Å². The van der Waals surface area contributed by atoms with Crippen LogP contribution in [0.25, 0.3) is 0 Å². The Kier molecular flexibility index (Phi) is 7.23. The predicted molar refractivity (Wildman–Crippen MR) is 113 cm³/mol. The van der Waals surface area contributed by atoms with Crippen LogP contribution in [0.5, 0.6) is 11.5 Å². The monoisotopic (exact) mass is 425 g/mol. The maximum Gasteiger partial charge on any atom is 0.432 e. The summed E-state index contributed by atoms with van der Waals surface area (Å²) < 4.78 is 17.5. The minimum absolute atomic E-state index is 0.109. The molecule has 3 aromatic rings. The Balaban J connectivity index is 1.80. The van der Waals surface area contributed by atoms with Crippen molar-refractivity contribution in [1.29, 1.82) is 0 Å². The van der Waals surface area contributed by atoms with Gasteiger partial charge in [-0.15, -0.1) is 5.10 Å².